The summed E-state index contributed by atoms with van der Waals surface area (Å²) in [5, 5.41) is 3.16. The second kappa shape index (κ2) is 5.48. The number of hydrogen-bond acceptors (Lipinski definition) is 2. The number of para-hydroxylation sites is 1. The minimum absolute atomic E-state index is 0.0304. The number of benzene rings is 1. The van der Waals surface area contributed by atoms with Gasteiger partial charge in [-0.25, -0.2) is 0 Å². The lowest BCUT2D eigenvalue weighted by molar-refractivity contribution is -0.136. The topological polar surface area (TPSA) is 24.9 Å². The molecule has 1 heterocycles. The average Bonchev–Trinajstić information content (AvgIpc) is 2.37. The number of aromatic nitrogens is 1. The number of nitrogens with one attached hydrogen (secondary N) is 1. The largest absolute Gasteiger partial charge is 0.418 e. The number of hydrogen-bond donors (Lipinski definition) is 1. The first-order valence-corrected chi connectivity index (χ1v) is 5.85. The lowest BCUT2D eigenvalue weighted by atomic mass is 10.1. The van der Waals surface area contributed by atoms with Gasteiger partial charge >= 0.3 is 6.18 Å². The minimum Gasteiger partial charge on any atom is -0.380 e. The summed E-state index contributed by atoms with van der Waals surface area (Å²) in [5.74, 6) is 0. The van der Waals surface area contributed by atoms with Crippen LogP contribution in [0.15, 0.2) is 42.7 Å². The molecule has 0 saturated carbocycles. The average molecular weight is 287 g/mol. The molecule has 2 rings (SSSR count). The van der Waals surface area contributed by atoms with Gasteiger partial charge in [0.1, 0.15) is 0 Å². The summed E-state index contributed by atoms with van der Waals surface area (Å²) in [7, 11) is 0. The van der Waals surface area contributed by atoms with Gasteiger partial charge in [-0.05, 0) is 23.8 Å². The quantitative estimate of drug-likeness (QED) is 0.906. The van der Waals surface area contributed by atoms with Crippen LogP contribution in [-0.4, -0.2) is 4.98 Å². The van der Waals surface area contributed by atoms with Crippen molar-refractivity contribution < 1.29 is 13.2 Å². The Labute approximate surface area is 113 Å². The summed E-state index contributed by atoms with van der Waals surface area (Å²) in [6.07, 6.45) is -1.39. The fraction of sp³-hybridized carbons (Fsp3) is 0.154. The minimum atomic E-state index is -4.38. The molecule has 1 aromatic heterocycles. The van der Waals surface area contributed by atoms with E-state index in [9.17, 15) is 13.2 Å². The van der Waals surface area contributed by atoms with E-state index < -0.39 is 11.7 Å². The van der Waals surface area contributed by atoms with Crippen molar-refractivity contribution in [2.75, 3.05) is 5.32 Å². The van der Waals surface area contributed by atoms with E-state index in [1.807, 2.05) is 0 Å². The highest BCUT2D eigenvalue weighted by molar-refractivity contribution is 6.31. The molecular formula is C13H10ClF3N2. The van der Waals surface area contributed by atoms with E-state index in [1.165, 1.54) is 18.3 Å². The predicted molar refractivity (Wildman–Crippen MR) is 68.0 cm³/mol. The molecule has 0 amide bonds. The molecule has 1 aromatic carbocycles. The zero-order chi connectivity index (χ0) is 13.9. The second-order valence-corrected chi connectivity index (χ2v) is 4.27. The Morgan fingerprint density at radius 3 is 2.58 bits per heavy atom. The molecule has 0 bridgehead atoms. The molecule has 0 aliphatic carbocycles. The SMILES string of the molecule is FC(F)(F)c1ccccc1NCc1ccncc1Cl. The molecule has 0 aliphatic heterocycles. The van der Waals surface area contributed by atoms with Crippen molar-refractivity contribution in [3.05, 3.63) is 58.9 Å². The van der Waals surface area contributed by atoms with Crippen LogP contribution >= 0.6 is 11.6 Å². The van der Waals surface area contributed by atoms with Crippen LogP contribution in [0.4, 0.5) is 18.9 Å². The van der Waals surface area contributed by atoms with Crippen LogP contribution in [0.25, 0.3) is 0 Å². The van der Waals surface area contributed by atoms with E-state index in [-0.39, 0.29) is 12.2 Å². The number of pyridine rings is 1. The normalized spacial score (nSPS) is 11.4. The molecular weight excluding hydrogens is 277 g/mol. The summed E-state index contributed by atoms with van der Waals surface area (Å²) < 4.78 is 38.3. The van der Waals surface area contributed by atoms with Crippen LogP contribution in [0, 0.1) is 0 Å². The van der Waals surface area contributed by atoms with E-state index >= 15 is 0 Å². The van der Waals surface area contributed by atoms with Crippen molar-refractivity contribution in [3.8, 4) is 0 Å². The molecule has 0 atom stereocenters. The molecule has 6 heteroatoms. The van der Waals surface area contributed by atoms with E-state index in [4.69, 9.17) is 11.6 Å². The van der Waals surface area contributed by atoms with E-state index in [0.29, 0.717) is 10.6 Å². The summed E-state index contributed by atoms with van der Waals surface area (Å²) in [6.45, 7) is 0.203. The summed E-state index contributed by atoms with van der Waals surface area (Å²) in [4.78, 5) is 3.82. The maximum absolute atomic E-state index is 12.8. The van der Waals surface area contributed by atoms with Crippen LogP contribution < -0.4 is 5.32 Å². The van der Waals surface area contributed by atoms with Crippen molar-refractivity contribution in [1.82, 2.24) is 4.98 Å². The van der Waals surface area contributed by atoms with E-state index in [1.54, 1.807) is 18.3 Å². The third-order valence-electron chi connectivity index (χ3n) is 2.56. The Kier molecular flexibility index (Phi) is 3.95. The zero-order valence-electron chi connectivity index (χ0n) is 9.71. The van der Waals surface area contributed by atoms with Crippen molar-refractivity contribution in [2.45, 2.75) is 12.7 Å². The highest BCUT2D eigenvalue weighted by Crippen LogP contribution is 2.34. The van der Waals surface area contributed by atoms with Crippen LogP contribution in [0.5, 0.6) is 0 Å². The van der Waals surface area contributed by atoms with Crippen LogP contribution in [-0.2, 0) is 12.7 Å². The van der Waals surface area contributed by atoms with Crippen LogP contribution in [0.1, 0.15) is 11.1 Å². The first-order valence-electron chi connectivity index (χ1n) is 5.47. The fourth-order valence-electron chi connectivity index (χ4n) is 1.62. The molecule has 0 fully saturated rings. The first-order chi connectivity index (χ1) is 8.98. The second-order valence-electron chi connectivity index (χ2n) is 3.86. The molecule has 0 spiro atoms. The zero-order valence-corrected chi connectivity index (χ0v) is 10.5. The number of rotatable bonds is 3. The molecule has 19 heavy (non-hydrogen) atoms. The third kappa shape index (κ3) is 3.38. The number of nitrogens with zero attached hydrogens (tertiary/aromatic N) is 1. The van der Waals surface area contributed by atoms with Gasteiger partial charge in [-0.2, -0.15) is 13.2 Å². The molecule has 0 unspecified atom stereocenters. The molecule has 0 aliphatic rings. The van der Waals surface area contributed by atoms with Gasteiger partial charge in [-0.1, -0.05) is 23.7 Å². The maximum atomic E-state index is 12.8. The molecule has 100 valence electrons. The molecule has 2 aromatic rings. The molecule has 0 saturated heterocycles. The van der Waals surface area contributed by atoms with Gasteiger partial charge in [-0.3, -0.25) is 4.98 Å². The Morgan fingerprint density at radius 1 is 1.16 bits per heavy atom. The molecule has 2 nitrogen and oxygen atoms in total. The highest BCUT2D eigenvalue weighted by Gasteiger charge is 2.33. The van der Waals surface area contributed by atoms with Crippen molar-refractivity contribution in [2.24, 2.45) is 0 Å². The molecule has 0 radical (unpaired) electrons. The van der Waals surface area contributed by atoms with Crippen LogP contribution in [0.3, 0.4) is 0 Å². The lowest BCUT2D eigenvalue weighted by Gasteiger charge is -2.14. The Bertz CT molecular complexity index is 570. The van der Waals surface area contributed by atoms with Gasteiger partial charge < -0.3 is 5.32 Å². The number of alkyl halides is 3. The first kappa shape index (κ1) is 13.7. The van der Waals surface area contributed by atoms with Crippen LogP contribution in [0.2, 0.25) is 5.02 Å². The highest BCUT2D eigenvalue weighted by atomic mass is 35.5. The summed E-state index contributed by atoms with van der Waals surface area (Å²) in [5.41, 5.74) is 0.0247. The Hall–Kier alpha value is -1.75. The Balaban J connectivity index is 2.19. The van der Waals surface area contributed by atoms with Gasteiger partial charge in [-0.15, -0.1) is 0 Å². The molecule has 1 N–H and O–H groups in total. The van der Waals surface area contributed by atoms with Gasteiger partial charge in [0.05, 0.1) is 10.6 Å². The summed E-state index contributed by atoms with van der Waals surface area (Å²) in [6, 6.07) is 6.99. The van der Waals surface area contributed by atoms with Crippen molar-refractivity contribution >= 4 is 17.3 Å². The van der Waals surface area contributed by atoms with Gasteiger partial charge in [0.2, 0.25) is 0 Å². The number of anilines is 1. The van der Waals surface area contributed by atoms with Gasteiger partial charge in [0.25, 0.3) is 0 Å². The van der Waals surface area contributed by atoms with Crippen molar-refractivity contribution in [3.63, 3.8) is 0 Å². The van der Waals surface area contributed by atoms with E-state index in [2.05, 4.69) is 10.3 Å². The smallest absolute Gasteiger partial charge is 0.380 e. The van der Waals surface area contributed by atoms with Crippen molar-refractivity contribution in [1.29, 1.82) is 0 Å². The monoisotopic (exact) mass is 286 g/mol. The van der Waals surface area contributed by atoms with Gasteiger partial charge in [0, 0.05) is 24.6 Å². The third-order valence-corrected chi connectivity index (χ3v) is 2.90. The lowest BCUT2D eigenvalue weighted by Crippen LogP contribution is -2.10. The predicted octanol–water partition coefficient (Wildman–Crippen LogP) is 4.37. The standard InChI is InChI=1S/C13H10ClF3N2/c14-11-8-18-6-5-9(11)7-19-12-4-2-1-3-10(12)13(15,16)17/h1-6,8,19H,7H2. The van der Waals surface area contributed by atoms with E-state index in [0.717, 1.165) is 6.07 Å². The Morgan fingerprint density at radius 2 is 1.89 bits per heavy atom. The number of halogens is 4. The van der Waals surface area contributed by atoms with Gasteiger partial charge in [0.15, 0.2) is 0 Å². The fourth-order valence-corrected chi connectivity index (χ4v) is 1.81. The summed E-state index contributed by atoms with van der Waals surface area (Å²) >= 11 is 5.90. The maximum Gasteiger partial charge on any atom is 0.418 e.